The van der Waals surface area contributed by atoms with Crippen LogP contribution in [0.4, 0.5) is 14.9 Å². The second-order valence-corrected chi connectivity index (χ2v) is 11.1. The number of fused-ring (bicyclic) bond motifs is 2. The number of ketones is 1. The molecule has 1 N–H and O–H groups in total. The van der Waals surface area contributed by atoms with Gasteiger partial charge >= 0.3 is 6.09 Å². The molecule has 3 aromatic carbocycles. The first-order valence-electron chi connectivity index (χ1n) is 12.8. The van der Waals surface area contributed by atoms with E-state index in [9.17, 15) is 14.4 Å². The molecule has 0 saturated carbocycles. The molecule has 0 bridgehead atoms. The normalized spacial score (nSPS) is 22.6. The van der Waals surface area contributed by atoms with Crippen LogP contribution in [0.2, 0.25) is 0 Å². The monoisotopic (exact) mass is 514 g/mol. The number of carbonyl (C=O) groups is 3. The number of hydrogen-bond acceptors (Lipinski definition) is 4. The van der Waals surface area contributed by atoms with E-state index in [-0.39, 0.29) is 30.5 Å². The Morgan fingerprint density at radius 1 is 1.03 bits per heavy atom. The molecule has 2 amide bonds. The molecule has 0 spiro atoms. The summed E-state index contributed by atoms with van der Waals surface area (Å²) in [6.07, 6.45) is -0.996. The highest BCUT2D eigenvalue weighted by Gasteiger charge is 2.69. The summed E-state index contributed by atoms with van der Waals surface area (Å²) in [5, 5.41) is 2.62. The molecule has 1 aliphatic carbocycles. The number of carbonyl (C=O) groups excluding carboxylic acids is 3. The van der Waals surface area contributed by atoms with Crippen molar-refractivity contribution in [3.63, 3.8) is 0 Å². The van der Waals surface area contributed by atoms with Gasteiger partial charge in [0.05, 0.1) is 12.2 Å². The number of ether oxygens (including phenoxy) is 1. The molecule has 196 valence electrons. The summed E-state index contributed by atoms with van der Waals surface area (Å²) in [5.74, 6) is -1.53. The van der Waals surface area contributed by atoms with Gasteiger partial charge in [-0.15, -0.1) is 0 Å². The lowest BCUT2D eigenvalue weighted by Crippen LogP contribution is -2.68. The zero-order chi connectivity index (χ0) is 27.3. The van der Waals surface area contributed by atoms with E-state index < -0.39 is 34.6 Å². The van der Waals surface area contributed by atoms with Crippen LogP contribution >= 0.6 is 0 Å². The number of alkyl halides is 1. The van der Waals surface area contributed by atoms with Gasteiger partial charge in [0.2, 0.25) is 11.5 Å². The number of anilines is 1. The molecule has 7 heteroatoms. The molecule has 5 rings (SSSR count). The Hall–Kier alpha value is -4.00. The fourth-order valence-corrected chi connectivity index (χ4v) is 5.55. The summed E-state index contributed by atoms with van der Waals surface area (Å²) in [4.78, 5) is 43.2. The van der Waals surface area contributed by atoms with E-state index >= 15 is 4.39 Å². The predicted octanol–water partition coefficient (Wildman–Crippen LogP) is 5.80. The molecule has 38 heavy (non-hydrogen) atoms. The van der Waals surface area contributed by atoms with Gasteiger partial charge in [0.25, 0.3) is 5.91 Å². The molecule has 0 saturated heterocycles. The van der Waals surface area contributed by atoms with Crippen molar-refractivity contribution in [2.24, 2.45) is 0 Å². The molecule has 1 heterocycles. The Kier molecular flexibility index (Phi) is 6.13. The van der Waals surface area contributed by atoms with E-state index in [0.717, 1.165) is 11.1 Å². The number of Topliss-reactive ketones (excluding diaryl/α,β-unsaturated/α-hetero) is 1. The van der Waals surface area contributed by atoms with Crippen molar-refractivity contribution in [1.29, 1.82) is 0 Å². The van der Waals surface area contributed by atoms with Gasteiger partial charge in [0, 0.05) is 11.1 Å². The third-order valence-electron chi connectivity index (χ3n) is 7.24. The minimum Gasteiger partial charge on any atom is -0.444 e. The number of benzene rings is 3. The summed E-state index contributed by atoms with van der Waals surface area (Å²) in [5.41, 5.74) is -2.74. The minimum absolute atomic E-state index is 0.147. The summed E-state index contributed by atoms with van der Waals surface area (Å²) in [6.45, 7) is 7.02. The maximum absolute atomic E-state index is 17.7. The van der Waals surface area contributed by atoms with Crippen molar-refractivity contribution >= 4 is 23.5 Å². The molecule has 0 fully saturated rings. The number of nitrogens with zero attached hydrogens (tertiary/aromatic N) is 1. The Balaban J connectivity index is 1.72. The van der Waals surface area contributed by atoms with E-state index in [1.54, 1.807) is 57.2 Å². The number of hydrogen-bond donors (Lipinski definition) is 1. The van der Waals surface area contributed by atoms with Gasteiger partial charge in [-0.1, -0.05) is 72.3 Å². The highest BCUT2D eigenvalue weighted by molar-refractivity contribution is 6.17. The van der Waals surface area contributed by atoms with Crippen LogP contribution in [0.5, 0.6) is 0 Å². The van der Waals surface area contributed by atoms with Gasteiger partial charge in [-0.05, 0) is 57.7 Å². The van der Waals surface area contributed by atoms with Gasteiger partial charge in [-0.25, -0.2) is 9.18 Å². The first-order valence-corrected chi connectivity index (χ1v) is 12.8. The quantitative estimate of drug-likeness (QED) is 0.478. The van der Waals surface area contributed by atoms with Crippen LogP contribution in [-0.2, 0) is 28.0 Å². The van der Waals surface area contributed by atoms with Gasteiger partial charge in [0.1, 0.15) is 5.60 Å². The number of halogens is 1. The standard InChI is InChI=1S/C31H31FN2O4/c1-20-14-15-25-24(18-20)31(33-28(37)38-29(2,3)4,27(36)34(25)19-21-10-6-5-7-11-21)30(32)17-16-22-12-8-9-13-23(22)26(30)35/h5-15,18H,16-17,19H2,1-4H3,(H,33,37)/t30-,31+/m1/s1. The second-order valence-electron chi connectivity index (χ2n) is 11.1. The molecule has 6 nitrogen and oxygen atoms in total. The molecule has 3 aromatic rings. The Bertz CT molecular complexity index is 1430. The maximum atomic E-state index is 17.7. The summed E-state index contributed by atoms with van der Waals surface area (Å²) >= 11 is 0. The largest absolute Gasteiger partial charge is 0.444 e. The molecule has 0 unspecified atom stereocenters. The zero-order valence-electron chi connectivity index (χ0n) is 22.0. The van der Waals surface area contributed by atoms with Crippen LogP contribution in [0, 0.1) is 6.92 Å². The van der Waals surface area contributed by atoms with Crippen LogP contribution < -0.4 is 10.2 Å². The molecule has 2 aliphatic rings. The topological polar surface area (TPSA) is 75.7 Å². The van der Waals surface area contributed by atoms with E-state index in [0.29, 0.717) is 11.3 Å². The lowest BCUT2D eigenvalue weighted by atomic mass is 9.66. The number of aryl methyl sites for hydroxylation is 2. The molecule has 0 radical (unpaired) electrons. The van der Waals surface area contributed by atoms with Crippen LogP contribution in [0.1, 0.15) is 59.8 Å². The number of nitrogens with one attached hydrogen (secondary N) is 1. The zero-order valence-corrected chi connectivity index (χ0v) is 22.0. The van der Waals surface area contributed by atoms with Gasteiger partial charge in [-0.2, -0.15) is 0 Å². The predicted molar refractivity (Wildman–Crippen MR) is 143 cm³/mol. The Morgan fingerprint density at radius 3 is 2.42 bits per heavy atom. The Morgan fingerprint density at radius 2 is 1.71 bits per heavy atom. The van der Waals surface area contributed by atoms with E-state index in [4.69, 9.17) is 4.74 Å². The van der Waals surface area contributed by atoms with Crippen LogP contribution in [0.15, 0.2) is 72.8 Å². The van der Waals surface area contributed by atoms with Gasteiger partial charge in [0.15, 0.2) is 5.54 Å². The van der Waals surface area contributed by atoms with Gasteiger partial charge in [-0.3, -0.25) is 14.9 Å². The van der Waals surface area contributed by atoms with Crippen LogP contribution in [-0.4, -0.2) is 29.1 Å². The number of rotatable bonds is 4. The van der Waals surface area contributed by atoms with Crippen molar-refractivity contribution in [2.75, 3.05) is 4.90 Å². The average molecular weight is 515 g/mol. The van der Waals surface area contributed by atoms with Crippen LogP contribution in [0.25, 0.3) is 0 Å². The summed E-state index contributed by atoms with van der Waals surface area (Å²) in [6, 6.07) is 21.4. The first kappa shape index (κ1) is 25.6. The fraction of sp³-hybridized carbons (Fsp3) is 0.323. The van der Waals surface area contributed by atoms with Gasteiger partial charge < -0.3 is 9.64 Å². The molecule has 1 aliphatic heterocycles. The number of amides is 2. The lowest BCUT2D eigenvalue weighted by molar-refractivity contribution is -0.130. The molecule has 2 atom stereocenters. The van der Waals surface area contributed by atoms with Crippen molar-refractivity contribution in [2.45, 2.75) is 63.9 Å². The molecular formula is C31H31FN2O4. The highest BCUT2D eigenvalue weighted by atomic mass is 19.1. The Labute approximate surface area is 221 Å². The smallest absolute Gasteiger partial charge is 0.408 e. The summed E-state index contributed by atoms with van der Waals surface area (Å²) < 4.78 is 23.2. The maximum Gasteiger partial charge on any atom is 0.408 e. The first-order chi connectivity index (χ1) is 18.0. The van der Waals surface area contributed by atoms with Crippen molar-refractivity contribution < 1.29 is 23.5 Å². The number of alkyl carbamates (subject to hydrolysis) is 1. The molecular weight excluding hydrogens is 483 g/mol. The van der Waals surface area contributed by atoms with E-state index in [2.05, 4.69) is 5.32 Å². The second kappa shape index (κ2) is 9.08. The highest BCUT2D eigenvalue weighted by Crippen LogP contribution is 2.53. The van der Waals surface area contributed by atoms with Crippen LogP contribution in [0.3, 0.4) is 0 Å². The average Bonchev–Trinajstić information content (AvgIpc) is 3.09. The lowest BCUT2D eigenvalue weighted by Gasteiger charge is -2.43. The fourth-order valence-electron chi connectivity index (χ4n) is 5.55. The summed E-state index contributed by atoms with van der Waals surface area (Å²) in [7, 11) is 0. The van der Waals surface area contributed by atoms with Crippen molar-refractivity contribution in [3.05, 3.63) is 101 Å². The molecule has 0 aromatic heterocycles. The van der Waals surface area contributed by atoms with Crippen molar-refractivity contribution in [3.8, 4) is 0 Å². The van der Waals surface area contributed by atoms with Crippen molar-refractivity contribution in [1.82, 2.24) is 5.32 Å². The minimum atomic E-state index is -2.75. The third-order valence-corrected chi connectivity index (χ3v) is 7.24. The SMILES string of the molecule is Cc1ccc2c(c1)[C@@](NC(=O)OC(C)(C)C)([C@@]1(F)CCc3ccccc3C1=O)C(=O)N2Cc1ccccc1. The van der Waals surface area contributed by atoms with E-state index in [1.807, 2.05) is 43.3 Å². The third kappa shape index (κ3) is 4.06. The van der Waals surface area contributed by atoms with E-state index in [1.165, 1.54) is 4.90 Å².